The fourth-order valence-electron chi connectivity index (χ4n) is 1.67. The molecule has 0 heteroatoms. The van der Waals surface area contributed by atoms with Crippen molar-refractivity contribution in [2.75, 3.05) is 0 Å². The summed E-state index contributed by atoms with van der Waals surface area (Å²) in [6, 6.07) is 0. The highest BCUT2D eigenvalue weighted by atomic mass is 14.2. The first-order chi connectivity index (χ1) is 4.10. The summed E-state index contributed by atoms with van der Waals surface area (Å²) >= 11 is 0. The molecule has 0 aromatic carbocycles. The van der Waals surface area contributed by atoms with E-state index in [4.69, 9.17) is 0 Å². The zero-order valence-electron chi connectivity index (χ0n) is 6.65. The lowest BCUT2D eigenvalue weighted by Gasteiger charge is -2.27. The highest BCUT2D eigenvalue weighted by molar-refractivity contribution is 5.00. The van der Waals surface area contributed by atoms with Gasteiger partial charge >= 0.3 is 0 Å². The van der Waals surface area contributed by atoms with Gasteiger partial charge < -0.3 is 0 Å². The van der Waals surface area contributed by atoms with E-state index >= 15 is 0 Å². The molecular formula is C9H16. The quantitative estimate of drug-likeness (QED) is 0.435. The largest absolute Gasteiger partial charge is 0.0877 e. The van der Waals surface area contributed by atoms with E-state index in [1.807, 2.05) is 0 Å². The molecule has 0 aliphatic heterocycles. The Kier molecular flexibility index (Phi) is 1.65. The average Bonchev–Trinajstić information content (AvgIpc) is 1.60. The van der Waals surface area contributed by atoms with E-state index in [2.05, 4.69) is 32.9 Å². The van der Waals surface area contributed by atoms with Crippen LogP contribution in [0.3, 0.4) is 0 Å². The molecule has 0 saturated heterocycles. The Hall–Kier alpha value is -0.260. The summed E-state index contributed by atoms with van der Waals surface area (Å²) in [6.07, 6.45) is 7.29. The predicted octanol–water partition coefficient (Wildman–Crippen LogP) is 3.00. The molecule has 1 unspecified atom stereocenters. The SMILES string of the molecule is CC1CC=CC(C)(C)C1. The van der Waals surface area contributed by atoms with E-state index in [-0.39, 0.29) is 0 Å². The van der Waals surface area contributed by atoms with Crippen LogP contribution in [0, 0.1) is 11.3 Å². The van der Waals surface area contributed by atoms with Crippen molar-refractivity contribution in [3.63, 3.8) is 0 Å². The Morgan fingerprint density at radius 2 is 2.11 bits per heavy atom. The van der Waals surface area contributed by atoms with Gasteiger partial charge in [0.15, 0.2) is 0 Å². The normalized spacial score (nSPS) is 32.6. The van der Waals surface area contributed by atoms with Crippen LogP contribution < -0.4 is 0 Å². The molecule has 0 fully saturated rings. The summed E-state index contributed by atoms with van der Waals surface area (Å²) in [7, 11) is 0. The Balaban J connectivity index is 2.60. The second-order valence-corrected chi connectivity index (χ2v) is 3.94. The Morgan fingerprint density at radius 3 is 2.44 bits per heavy atom. The van der Waals surface area contributed by atoms with Crippen LogP contribution >= 0.6 is 0 Å². The first kappa shape index (κ1) is 6.85. The van der Waals surface area contributed by atoms with Crippen LogP contribution in [0.4, 0.5) is 0 Å². The van der Waals surface area contributed by atoms with Crippen molar-refractivity contribution in [1.29, 1.82) is 0 Å². The molecule has 1 atom stereocenters. The Morgan fingerprint density at radius 1 is 1.44 bits per heavy atom. The molecule has 0 saturated carbocycles. The molecule has 9 heavy (non-hydrogen) atoms. The molecule has 1 aliphatic carbocycles. The van der Waals surface area contributed by atoms with Crippen LogP contribution in [0.5, 0.6) is 0 Å². The Bertz CT molecular complexity index is 120. The van der Waals surface area contributed by atoms with Gasteiger partial charge in [-0.15, -0.1) is 0 Å². The van der Waals surface area contributed by atoms with Crippen LogP contribution in [0.1, 0.15) is 33.6 Å². The molecule has 0 amide bonds. The van der Waals surface area contributed by atoms with E-state index < -0.39 is 0 Å². The third-order valence-corrected chi connectivity index (χ3v) is 1.98. The molecule has 0 N–H and O–H groups in total. The maximum absolute atomic E-state index is 2.34. The number of hydrogen-bond acceptors (Lipinski definition) is 0. The minimum absolute atomic E-state index is 0.470. The maximum Gasteiger partial charge on any atom is -0.0172 e. The lowest BCUT2D eigenvalue weighted by atomic mass is 9.78. The minimum Gasteiger partial charge on any atom is -0.0877 e. The number of allylic oxidation sites excluding steroid dienone is 2. The van der Waals surface area contributed by atoms with Crippen molar-refractivity contribution in [2.24, 2.45) is 11.3 Å². The standard InChI is InChI=1S/C9H16/c1-8-5-4-6-9(2,3)7-8/h4,6,8H,5,7H2,1-3H3. The maximum atomic E-state index is 2.34. The van der Waals surface area contributed by atoms with Crippen molar-refractivity contribution in [1.82, 2.24) is 0 Å². The molecule has 0 heterocycles. The van der Waals surface area contributed by atoms with E-state index in [9.17, 15) is 0 Å². The fourth-order valence-corrected chi connectivity index (χ4v) is 1.67. The number of rotatable bonds is 0. The van der Waals surface area contributed by atoms with Crippen molar-refractivity contribution in [3.8, 4) is 0 Å². The highest BCUT2D eigenvalue weighted by Crippen LogP contribution is 2.32. The zero-order valence-corrected chi connectivity index (χ0v) is 6.65. The van der Waals surface area contributed by atoms with Crippen LogP contribution in [-0.2, 0) is 0 Å². The predicted molar refractivity (Wildman–Crippen MR) is 41.3 cm³/mol. The summed E-state index contributed by atoms with van der Waals surface area (Å²) in [5.41, 5.74) is 0.470. The van der Waals surface area contributed by atoms with Gasteiger partial charge in [-0.3, -0.25) is 0 Å². The first-order valence-electron chi connectivity index (χ1n) is 3.78. The molecular weight excluding hydrogens is 108 g/mol. The second-order valence-electron chi connectivity index (χ2n) is 3.94. The lowest BCUT2D eigenvalue weighted by Crippen LogP contribution is -2.15. The molecule has 52 valence electrons. The van der Waals surface area contributed by atoms with Gasteiger partial charge in [-0.2, -0.15) is 0 Å². The van der Waals surface area contributed by atoms with Crippen LogP contribution in [0.15, 0.2) is 12.2 Å². The number of hydrogen-bond donors (Lipinski definition) is 0. The van der Waals surface area contributed by atoms with Crippen molar-refractivity contribution in [2.45, 2.75) is 33.6 Å². The van der Waals surface area contributed by atoms with Crippen LogP contribution in [0.2, 0.25) is 0 Å². The smallest absolute Gasteiger partial charge is 0.0172 e. The Labute approximate surface area is 58.0 Å². The monoisotopic (exact) mass is 124 g/mol. The van der Waals surface area contributed by atoms with Crippen molar-refractivity contribution >= 4 is 0 Å². The molecule has 1 aliphatic rings. The summed E-state index contributed by atoms with van der Waals surface area (Å²) in [4.78, 5) is 0. The minimum atomic E-state index is 0.470. The van der Waals surface area contributed by atoms with Crippen molar-refractivity contribution in [3.05, 3.63) is 12.2 Å². The van der Waals surface area contributed by atoms with Gasteiger partial charge in [0.25, 0.3) is 0 Å². The van der Waals surface area contributed by atoms with E-state index in [1.54, 1.807) is 0 Å². The van der Waals surface area contributed by atoms with Gasteiger partial charge in [0, 0.05) is 0 Å². The molecule has 0 nitrogen and oxygen atoms in total. The van der Waals surface area contributed by atoms with E-state index in [1.165, 1.54) is 12.8 Å². The molecule has 0 aromatic heterocycles. The average molecular weight is 124 g/mol. The first-order valence-corrected chi connectivity index (χ1v) is 3.78. The second kappa shape index (κ2) is 2.17. The molecule has 0 radical (unpaired) electrons. The third-order valence-electron chi connectivity index (χ3n) is 1.98. The molecule has 1 rings (SSSR count). The van der Waals surface area contributed by atoms with Gasteiger partial charge in [0.2, 0.25) is 0 Å². The van der Waals surface area contributed by atoms with E-state index in [0.29, 0.717) is 5.41 Å². The fraction of sp³-hybridized carbons (Fsp3) is 0.778. The third kappa shape index (κ3) is 1.85. The summed E-state index contributed by atoms with van der Waals surface area (Å²) in [5.74, 6) is 0.894. The molecule has 0 spiro atoms. The van der Waals surface area contributed by atoms with Gasteiger partial charge in [-0.25, -0.2) is 0 Å². The lowest BCUT2D eigenvalue weighted by molar-refractivity contribution is 0.331. The summed E-state index contributed by atoms with van der Waals surface area (Å²) in [5, 5.41) is 0. The topological polar surface area (TPSA) is 0 Å². The summed E-state index contributed by atoms with van der Waals surface area (Å²) < 4.78 is 0. The van der Waals surface area contributed by atoms with Gasteiger partial charge in [-0.1, -0.05) is 32.9 Å². The van der Waals surface area contributed by atoms with E-state index in [0.717, 1.165) is 5.92 Å². The highest BCUT2D eigenvalue weighted by Gasteiger charge is 2.20. The van der Waals surface area contributed by atoms with Crippen molar-refractivity contribution < 1.29 is 0 Å². The van der Waals surface area contributed by atoms with Gasteiger partial charge in [0.1, 0.15) is 0 Å². The summed E-state index contributed by atoms with van der Waals surface area (Å²) in [6.45, 7) is 6.93. The van der Waals surface area contributed by atoms with Gasteiger partial charge in [0.05, 0.1) is 0 Å². The van der Waals surface area contributed by atoms with Gasteiger partial charge in [-0.05, 0) is 24.2 Å². The zero-order chi connectivity index (χ0) is 6.91. The van der Waals surface area contributed by atoms with Crippen LogP contribution in [-0.4, -0.2) is 0 Å². The molecule has 0 bridgehead atoms. The van der Waals surface area contributed by atoms with Crippen LogP contribution in [0.25, 0.3) is 0 Å². The molecule has 0 aromatic rings.